The minimum atomic E-state index is 0.687. The van der Waals surface area contributed by atoms with Crippen molar-refractivity contribution in [2.24, 2.45) is 0 Å². The molecule has 17 heavy (non-hydrogen) atoms. The van der Waals surface area contributed by atoms with Crippen LogP contribution in [0.5, 0.6) is 0 Å². The molecule has 2 rings (SSSR count). The third kappa shape index (κ3) is 3.19. The van der Waals surface area contributed by atoms with E-state index in [1.807, 2.05) is 12.4 Å². The van der Waals surface area contributed by atoms with Gasteiger partial charge in [-0.15, -0.1) is 0 Å². The van der Waals surface area contributed by atoms with E-state index >= 15 is 0 Å². The van der Waals surface area contributed by atoms with Gasteiger partial charge in [-0.25, -0.2) is 0 Å². The fourth-order valence-electron chi connectivity index (χ4n) is 2.75. The van der Waals surface area contributed by atoms with Gasteiger partial charge < -0.3 is 10.2 Å². The molecule has 1 aliphatic rings. The van der Waals surface area contributed by atoms with Gasteiger partial charge in [0.1, 0.15) is 0 Å². The lowest BCUT2D eigenvalue weighted by Gasteiger charge is -2.36. The van der Waals surface area contributed by atoms with Crippen LogP contribution in [0.25, 0.3) is 0 Å². The molecule has 0 aliphatic heterocycles. The van der Waals surface area contributed by atoms with Crippen LogP contribution in [0.3, 0.4) is 0 Å². The summed E-state index contributed by atoms with van der Waals surface area (Å²) in [6.07, 6.45) is 8.92. The first kappa shape index (κ1) is 12.4. The molecule has 1 N–H and O–H groups in total. The van der Waals surface area contributed by atoms with Crippen LogP contribution in [-0.4, -0.2) is 30.7 Å². The highest BCUT2D eigenvalue weighted by Gasteiger charge is 2.23. The monoisotopic (exact) mass is 233 g/mol. The van der Waals surface area contributed by atoms with Gasteiger partial charge in [0.2, 0.25) is 0 Å². The maximum absolute atomic E-state index is 4.07. The van der Waals surface area contributed by atoms with Gasteiger partial charge in [-0.1, -0.05) is 6.92 Å². The number of hydrogen-bond acceptors (Lipinski definition) is 3. The quantitative estimate of drug-likeness (QED) is 0.865. The van der Waals surface area contributed by atoms with Crippen LogP contribution < -0.4 is 10.2 Å². The van der Waals surface area contributed by atoms with Crippen molar-refractivity contribution in [1.82, 2.24) is 10.3 Å². The fraction of sp³-hybridized carbons (Fsp3) is 0.643. The predicted octanol–water partition coefficient (Wildman–Crippen LogP) is 2.44. The first-order valence-electron chi connectivity index (χ1n) is 6.67. The van der Waals surface area contributed by atoms with Crippen LogP contribution >= 0.6 is 0 Å². The maximum Gasteiger partial charge on any atom is 0.0396 e. The lowest BCUT2D eigenvalue weighted by Crippen LogP contribution is -2.40. The Labute approximate surface area is 104 Å². The minimum absolute atomic E-state index is 0.687. The topological polar surface area (TPSA) is 28.2 Å². The highest BCUT2D eigenvalue weighted by atomic mass is 15.1. The van der Waals surface area contributed by atoms with Crippen LogP contribution in [0, 0.1) is 0 Å². The van der Waals surface area contributed by atoms with Crippen LogP contribution in [0.2, 0.25) is 0 Å². The molecule has 3 nitrogen and oxygen atoms in total. The van der Waals surface area contributed by atoms with E-state index in [0.29, 0.717) is 6.04 Å². The Hall–Kier alpha value is -1.09. The molecule has 0 atom stereocenters. The van der Waals surface area contributed by atoms with E-state index in [0.717, 1.165) is 12.6 Å². The summed E-state index contributed by atoms with van der Waals surface area (Å²) in [5, 5.41) is 3.56. The van der Waals surface area contributed by atoms with Crippen molar-refractivity contribution in [3.63, 3.8) is 0 Å². The molecule has 94 valence electrons. The van der Waals surface area contributed by atoms with Gasteiger partial charge >= 0.3 is 0 Å². The van der Waals surface area contributed by atoms with Crippen LogP contribution in [0.1, 0.15) is 32.6 Å². The van der Waals surface area contributed by atoms with Gasteiger partial charge in [0.05, 0.1) is 0 Å². The van der Waals surface area contributed by atoms with E-state index in [1.165, 1.54) is 31.4 Å². The standard InChI is InChI=1S/C14H23N3/c1-3-16-12-4-6-13(7-5-12)17(2)14-8-10-15-11-9-14/h8-13,16H,3-7H2,1-2H3. The molecule has 0 saturated heterocycles. The lowest BCUT2D eigenvalue weighted by atomic mass is 9.90. The van der Waals surface area contributed by atoms with Crippen molar-refractivity contribution in [1.29, 1.82) is 0 Å². The number of aromatic nitrogens is 1. The second kappa shape index (κ2) is 6.01. The molecule has 1 saturated carbocycles. The Morgan fingerprint density at radius 1 is 1.24 bits per heavy atom. The van der Waals surface area contributed by atoms with E-state index in [2.05, 4.69) is 41.3 Å². The summed E-state index contributed by atoms with van der Waals surface area (Å²) in [5.74, 6) is 0. The van der Waals surface area contributed by atoms with Gasteiger partial charge in [-0.2, -0.15) is 0 Å². The Bertz CT molecular complexity index is 317. The average Bonchev–Trinajstić information content (AvgIpc) is 2.40. The molecule has 1 aromatic rings. The zero-order valence-electron chi connectivity index (χ0n) is 10.9. The first-order chi connectivity index (χ1) is 8.31. The Morgan fingerprint density at radius 3 is 2.47 bits per heavy atom. The van der Waals surface area contributed by atoms with Crippen molar-refractivity contribution in [3.8, 4) is 0 Å². The maximum atomic E-state index is 4.07. The number of nitrogens with zero attached hydrogens (tertiary/aromatic N) is 2. The number of pyridine rings is 1. The summed E-state index contributed by atoms with van der Waals surface area (Å²) in [5.41, 5.74) is 1.28. The molecule has 0 bridgehead atoms. The SMILES string of the molecule is CCNC1CCC(N(C)c2ccncc2)CC1. The largest absolute Gasteiger partial charge is 0.372 e. The number of anilines is 1. The van der Waals surface area contributed by atoms with Crippen molar-refractivity contribution >= 4 is 5.69 Å². The molecule has 1 heterocycles. The predicted molar refractivity (Wildman–Crippen MR) is 72.4 cm³/mol. The molecule has 0 unspecified atom stereocenters. The summed E-state index contributed by atoms with van der Waals surface area (Å²) in [6, 6.07) is 5.61. The molecule has 0 spiro atoms. The molecule has 1 fully saturated rings. The van der Waals surface area contributed by atoms with Gasteiger partial charge in [-0.05, 0) is 44.4 Å². The third-order valence-electron chi connectivity index (χ3n) is 3.81. The zero-order valence-corrected chi connectivity index (χ0v) is 10.9. The smallest absolute Gasteiger partial charge is 0.0396 e. The van der Waals surface area contributed by atoms with Crippen molar-refractivity contribution < 1.29 is 0 Å². The molecule has 0 radical (unpaired) electrons. The van der Waals surface area contributed by atoms with E-state index < -0.39 is 0 Å². The Morgan fingerprint density at radius 2 is 1.88 bits per heavy atom. The van der Waals surface area contributed by atoms with Crippen molar-refractivity contribution in [3.05, 3.63) is 24.5 Å². The summed E-state index contributed by atoms with van der Waals surface area (Å²) in [7, 11) is 2.20. The minimum Gasteiger partial charge on any atom is -0.372 e. The van der Waals surface area contributed by atoms with Crippen molar-refractivity contribution in [2.75, 3.05) is 18.5 Å². The third-order valence-corrected chi connectivity index (χ3v) is 3.81. The normalized spacial score (nSPS) is 24.6. The van der Waals surface area contributed by atoms with E-state index in [-0.39, 0.29) is 0 Å². The number of nitrogens with one attached hydrogen (secondary N) is 1. The molecule has 0 aromatic carbocycles. The number of rotatable bonds is 4. The van der Waals surface area contributed by atoms with Gasteiger partial charge in [0, 0.05) is 37.2 Å². The Kier molecular flexibility index (Phi) is 4.37. The second-order valence-corrected chi connectivity index (χ2v) is 4.88. The van der Waals surface area contributed by atoms with E-state index in [9.17, 15) is 0 Å². The molecule has 0 amide bonds. The van der Waals surface area contributed by atoms with E-state index in [1.54, 1.807) is 0 Å². The number of hydrogen-bond donors (Lipinski definition) is 1. The van der Waals surface area contributed by atoms with Gasteiger partial charge in [0.25, 0.3) is 0 Å². The summed E-state index contributed by atoms with van der Waals surface area (Å²) >= 11 is 0. The van der Waals surface area contributed by atoms with Crippen LogP contribution in [-0.2, 0) is 0 Å². The molecule has 1 aromatic heterocycles. The van der Waals surface area contributed by atoms with Crippen molar-refractivity contribution in [2.45, 2.75) is 44.7 Å². The highest BCUT2D eigenvalue weighted by molar-refractivity contribution is 5.44. The van der Waals surface area contributed by atoms with Crippen LogP contribution in [0.15, 0.2) is 24.5 Å². The van der Waals surface area contributed by atoms with Crippen LogP contribution in [0.4, 0.5) is 5.69 Å². The highest BCUT2D eigenvalue weighted by Crippen LogP contribution is 2.25. The van der Waals surface area contributed by atoms with Gasteiger partial charge in [-0.3, -0.25) is 4.98 Å². The molecular weight excluding hydrogens is 210 g/mol. The summed E-state index contributed by atoms with van der Waals surface area (Å²) in [4.78, 5) is 6.48. The average molecular weight is 233 g/mol. The fourth-order valence-corrected chi connectivity index (χ4v) is 2.75. The Balaban J connectivity index is 1.88. The van der Waals surface area contributed by atoms with Gasteiger partial charge in [0.15, 0.2) is 0 Å². The molecule has 3 heteroatoms. The molecular formula is C14H23N3. The lowest BCUT2D eigenvalue weighted by molar-refractivity contribution is 0.341. The zero-order chi connectivity index (χ0) is 12.1. The van der Waals surface area contributed by atoms with E-state index in [4.69, 9.17) is 0 Å². The summed E-state index contributed by atoms with van der Waals surface area (Å²) in [6.45, 7) is 3.28. The summed E-state index contributed by atoms with van der Waals surface area (Å²) < 4.78 is 0. The first-order valence-corrected chi connectivity index (χ1v) is 6.67. The molecule has 1 aliphatic carbocycles. The second-order valence-electron chi connectivity index (χ2n) is 4.88.